The van der Waals surface area contributed by atoms with Crippen molar-refractivity contribution in [1.29, 1.82) is 0 Å². The van der Waals surface area contributed by atoms with E-state index in [1.165, 1.54) is 11.3 Å². The first-order chi connectivity index (χ1) is 13.7. The minimum atomic E-state index is 0.746. The highest BCUT2D eigenvalue weighted by Crippen LogP contribution is 2.30. The summed E-state index contributed by atoms with van der Waals surface area (Å²) in [5.41, 5.74) is 4.57. The molecule has 2 heterocycles. The van der Waals surface area contributed by atoms with E-state index in [-0.39, 0.29) is 0 Å². The van der Waals surface area contributed by atoms with Gasteiger partial charge >= 0.3 is 0 Å². The molecule has 2 aromatic carbocycles. The highest BCUT2D eigenvalue weighted by Gasteiger charge is 2.17. The molecule has 0 bridgehead atoms. The monoisotopic (exact) mass is 393 g/mol. The van der Waals surface area contributed by atoms with E-state index >= 15 is 0 Å². The Bertz CT molecular complexity index is 1070. The highest BCUT2D eigenvalue weighted by atomic mass is 32.1. The number of hydrogen-bond acceptors (Lipinski definition) is 5. The van der Waals surface area contributed by atoms with Crippen LogP contribution in [0.5, 0.6) is 11.5 Å². The number of hydrogen-bond donors (Lipinski definition) is 0. The summed E-state index contributed by atoms with van der Waals surface area (Å²) in [7, 11) is 5.44. The smallest absolute Gasteiger partial charge is 0.194 e. The molecule has 144 valence electrons. The number of rotatable bonds is 7. The maximum atomic E-state index is 5.43. The van der Waals surface area contributed by atoms with Gasteiger partial charge in [0.05, 0.1) is 25.6 Å². The molecule has 4 rings (SSSR count). The van der Waals surface area contributed by atoms with E-state index in [4.69, 9.17) is 14.5 Å². The van der Waals surface area contributed by atoms with Gasteiger partial charge < -0.3 is 9.47 Å². The molecule has 0 saturated heterocycles. The molecule has 0 amide bonds. The molecule has 28 heavy (non-hydrogen) atoms. The summed E-state index contributed by atoms with van der Waals surface area (Å²) in [6.07, 6.45) is 2.10. The van der Waals surface area contributed by atoms with Crippen LogP contribution in [0.15, 0.2) is 60.1 Å². The quantitative estimate of drug-likeness (QED) is 0.456. The third kappa shape index (κ3) is 3.61. The van der Waals surface area contributed by atoms with E-state index < -0.39 is 0 Å². The van der Waals surface area contributed by atoms with Crippen molar-refractivity contribution in [3.8, 4) is 22.8 Å². The van der Waals surface area contributed by atoms with Crippen LogP contribution in [0.25, 0.3) is 16.2 Å². The average Bonchev–Trinajstić information content (AvgIpc) is 3.31. The molecule has 0 aliphatic rings. The molecular formula is C22H23N3O2S. The standard InChI is InChI=1S/C22H23N3O2S/c1-24(14-16-9-10-19(26-2)20(13-16)27-3)15-18-21(17-7-5-4-6-8-17)23-22-25(18)11-12-28-22/h4-13H,14-15H2,1-3H3. The second-order valence-electron chi connectivity index (χ2n) is 6.69. The number of nitrogens with zero attached hydrogens (tertiary/aromatic N) is 3. The van der Waals surface area contributed by atoms with Crippen molar-refractivity contribution in [2.45, 2.75) is 13.1 Å². The van der Waals surface area contributed by atoms with Crippen LogP contribution in [0.3, 0.4) is 0 Å². The Balaban J connectivity index is 1.60. The molecule has 0 atom stereocenters. The topological polar surface area (TPSA) is 39.0 Å². The Labute approximate surface area is 168 Å². The molecule has 2 aromatic heterocycles. The van der Waals surface area contributed by atoms with Gasteiger partial charge in [0.15, 0.2) is 16.5 Å². The van der Waals surface area contributed by atoms with Crippen LogP contribution < -0.4 is 9.47 Å². The van der Waals surface area contributed by atoms with Crippen molar-refractivity contribution in [3.63, 3.8) is 0 Å². The predicted molar refractivity (Wildman–Crippen MR) is 113 cm³/mol. The number of aromatic nitrogens is 2. The largest absolute Gasteiger partial charge is 0.493 e. The van der Waals surface area contributed by atoms with Gasteiger partial charge in [0.1, 0.15) is 0 Å². The summed E-state index contributed by atoms with van der Waals surface area (Å²) in [5.74, 6) is 1.50. The third-order valence-electron chi connectivity index (χ3n) is 4.73. The minimum Gasteiger partial charge on any atom is -0.493 e. The zero-order valence-electron chi connectivity index (χ0n) is 16.3. The summed E-state index contributed by atoms with van der Waals surface area (Å²) in [5, 5.41) is 2.08. The van der Waals surface area contributed by atoms with Crippen LogP contribution in [-0.2, 0) is 13.1 Å². The summed E-state index contributed by atoms with van der Waals surface area (Å²) in [4.78, 5) is 8.18. The first kappa shape index (κ1) is 18.5. The summed E-state index contributed by atoms with van der Waals surface area (Å²) >= 11 is 1.66. The van der Waals surface area contributed by atoms with E-state index in [1.807, 2.05) is 18.2 Å². The maximum absolute atomic E-state index is 5.43. The molecule has 0 saturated carbocycles. The van der Waals surface area contributed by atoms with Gasteiger partial charge in [-0.1, -0.05) is 36.4 Å². The van der Waals surface area contributed by atoms with E-state index in [0.717, 1.165) is 40.8 Å². The van der Waals surface area contributed by atoms with Crippen molar-refractivity contribution >= 4 is 16.3 Å². The van der Waals surface area contributed by atoms with Gasteiger partial charge in [-0.05, 0) is 24.7 Å². The van der Waals surface area contributed by atoms with Crippen molar-refractivity contribution in [2.75, 3.05) is 21.3 Å². The fourth-order valence-electron chi connectivity index (χ4n) is 3.41. The van der Waals surface area contributed by atoms with Crippen LogP contribution in [0.4, 0.5) is 0 Å². The molecule has 0 radical (unpaired) electrons. The first-order valence-electron chi connectivity index (χ1n) is 9.09. The zero-order valence-corrected chi connectivity index (χ0v) is 17.1. The van der Waals surface area contributed by atoms with Crippen molar-refractivity contribution in [3.05, 3.63) is 71.4 Å². The number of imidazole rings is 1. The lowest BCUT2D eigenvalue weighted by molar-refractivity contribution is 0.312. The molecule has 0 spiro atoms. The van der Waals surface area contributed by atoms with Crippen molar-refractivity contribution in [1.82, 2.24) is 14.3 Å². The predicted octanol–water partition coefficient (Wildman–Crippen LogP) is 4.71. The van der Waals surface area contributed by atoms with E-state index in [0.29, 0.717) is 0 Å². The number of benzene rings is 2. The lowest BCUT2D eigenvalue weighted by atomic mass is 10.1. The normalized spacial score (nSPS) is 11.3. The average molecular weight is 394 g/mol. The lowest BCUT2D eigenvalue weighted by Gasteiger charge is -2.18. The van der Waals surface area contributed by atoms with Crippen molar-refractivity contribution < 1.29 is 9.47 Å². The van der Waals surface area contributed by atoms with Crippen molar-refractivity contribution in [2.24, 2.45) is 0 Å². The van der Waals surface area contributed by atoms with E-state index in [9.17, 15) is 0 Å². The summed E-state index contributed by atoms with van der Waals surface area (Å²) < 4.78 is 13.0. The van der Waals surface area contributed by atoms with E-state index in [1.54, 1.807) is 25.6 Å². The van der Waals surface area contributed by atoms with Gasteiger partial charge in [0.2, 0.25) is 0 Å². The molecule has 0 N–H and O–H groups in total. The Morgan fingerprint density at radius 1 is 1.00 bits per heavy atom. The van der Waals surface area contributed by atoms with Crippen LogP contribution in [0.2, 0.25) is 0 Å². The Morgan fingerprint density at radius 2 is 1.79 bits per heavy atom. The molecule has 5 nitrogen and oxygen atoms in total. The lowest BCUT2D eigenvalue weighted by Crippen LogP contribution is -2.18. The Hall–Kier alpha value is -2.83. The Kier molecular flexibility index (Phi) is 5.32. The third-order valence-corrected chi connectivity index (χ3v) is 5.49. The Morgan fingerprint density at radius 3 is 2.54 bits per heavy atom. The van der Waals surface area contributed by atoms with Crippen LogP contribution in [-0.4, -0.2) is 35.6 Å². The molecule has 0 aliphatic heterocycles. The molecule has 4 aromatic rings. The highest BCUT2D eigenvalue weighted by molar-refractivity contribution is 7.15. The minimum absolute atomic E-state index is 0.746. The van der Waals surface area contributed by atoms with E-state index in [2.05, 4.69) is 58.3 Å². The van der Waals surface area contributed by atoms with Gasteiger partial charge in [0, 0.05) is 30.2 Å². The summed E-state index contributed by atoms with van der Waals surface area (Å²) in [6.45, 7) is 1.59. The molecule has 6 heteroatoms. The number of ether oxygens (including phenoxy) is 2. The second-order valence-corrected chi connectivity index (χ2v) is 7.56. The maximum Gasteiger partial charge on any atom is 0.194 e. The number of fused-ring (bicyclic) bond motifs is 1. The summed E-state index contributed by atoms with van der Waals surface area (Å²) in [6, 6.07) is 16.4. The molecule has 0 unspecified atom stereocenters. The molecular weight excluding hydrogens is 370 g/mol. The molecule has 0 fully saturated rings. The van der Waals surface area contributed by atoms with Gasteiger partial charge in [-0.15, -0.1) is 11.3 Å². The van der Waals surface area contributed by atoms with Gasteiger partial charge in [0.25, 0.3) is 0 Å². The van der Waals surface area contributed by atoms with Gasteiger partial charge in [-0.25, -0.2) is 4.98 Å². The second kappa shape index (κ2) is 8.04. The first-order valence-corrected chi connectivity index (χ1v) is 9.97. The number of methoxy groups -OCH3 is 2. The fourth-order valence-corrected chi connectivity index (χ4v) is 4.15. The van der Waals surface area contributed by atoms with Gasteiger partial charge in [-0.2, -0.15) is 0 Å². The van der Waals surface area contributed by atoms with Crippen LogP contribution >= 0.6 is 11.3 Å². The SMILES string of the molecule is COc1ccc(CN(C)Cc2c(-c3ccccc3)nc3sccn23)cc1OC. The zero-order chi connectivity index (χ0) is 19.5. The van der Waals surface area contributed by atoms with Gasteiger partial charge in [-0.3, -0.25) is 9.30 Å². The molecule has 0 aliphatic carbocycles. The fraction of sp³-hybridized carbons (Fsp3) is 0.227. The van der Waals surface area contributed by atoms with Crippen LogP contribution in [0.1, 0.15) is 11.3 Å². The number of thiazole rings is 1. The van der Waals surface area contributed by atoms with Crippen LogP contribution in [0, 0.1) is 0 Å².